The molecule has 20 heavy (non-hydrogen) atoms. The maximum Gasteiger partial charge on any atom is 0.514 e. The van der Waals surface area contributed by atoms with Gasteiger partial charge in [0, 0.05) is 17.6 Å². The van der Waals surface area contributed by atoms with E-state index in [9.17, 15) is 0 Å². The van der Waals surface area contributed by atoms with Gasteiger partial charge in [-0.1, -0.05) is 11.6 Å². The first kappa shape index (κ1) is 15.3. The number of aromatic nitrogens is 1. The zero-order valence-electron chi connectivity index (χ0n) is 12.2. The molecule has 0 atom stereocenters. The van der Waals surface area contributed by atoms with Gasteiger partial charge < -0.3 is 9.31 Å². The van der Waals surface area contributed by atoms with Gasteiger partial charge in [0.05, 0.1) is 22.9 Å². The number of rotatable bonds is 3. The van der Waals surface area contributed by atoms with E-state index in [1.54, 1.807) is 12.3 Å². The third-order valence-electron chi connectivity index (χ3n) is 4.00. The fraction of sp³-hybridized carbons (Fsp3) is 0.571. The molecule has 1 aromatic heterocycles. The average molecular weight is 293 g/mol. The third-order valence-corrected chi connectivity index (χ3v) is 4.35. The molecule has 2 heterocycles. The van der Waals surface area contributed by atoms with E-state index < -0.39 is 18.3 Å². The van der Waals surface area contributed by atoms with E-state index in [2.05, 4.69) is 11.1 Å². The van der Waals surface area contributed by atoms with Crippen molar-refractivity contribution in [2.75, 3.05) is 0 Å². The minimum Gasteiger partial charge on any atom is -0.398 e. The van der Waals surface area contributed by atoms with Crippen LogP contribution >= 0.6 is 11.6 Å². The minimum atomic E-state index is -0.549. The molecule has 0 aromatic carbocycles. The van der Waals surface area contributed by atoms with Gasteiger partial charge in [-0.2, -0.15) is 5.26 Å². The maximum absolute atomic E-state index is 8.76. The molecule has 1 saturated heterocycles. The van der Waals surface area contributed by atoms with Crippen LogP contribution < -0.4 is 5.59 Å². The highest BCUT2D eigenvalue weighted by molar-refractivity contribution is 6.62. The molecule has 4 nitrogen and oxygen atoms in total. The second kappa shape index (κ2) is 5.36. The molecule has 1 fully saturated rings. The Morgan fingerprint density at radius 1 is 1.30 bits per heavy atom. The van der Waals surface area contributed by atoms with Gasteiger partial charge in [0.25, 0.3) is 0 Å². The number of hydrogen-bond acceptors (Lipinski definition) is 4. The Balaban J connectivity index is 2.35. The Bertz CT molecular complexity index is 539. The lowest BCUT2D eigenvalue weighted by Gasteiger charge is -2.32. The lowest BCUT2D eigenvalue weighted by Crippen LogP contribution is -2.41. The van der Waals surface area contributed by atoms with E-state index in [0.29, 0.717) is 23.5 Å². The second-order valence-electron chi connectivity index (χ2n) is 5.90. The molecular formula is C14H18BClN2O2. The zero-order chi connectivity index (χ0) is 15.0. The standard InChI is InChI=1S/C14H18BClN2O2/c1-13(2)14(3,4)20-15(19-13)12-10(6-5-8-17)11(16)7-9-18-12/h7,9H,5-6H2,1-4H3. The molecule has 6 heteroatoms. The second-order valence-corrected chi connectivity index (χ2v) is 6.31. The van der Waals surface area contributed by atoms with Crippen LogP contribution in [-0.2, 0) is 15.7 Å². The van der Waals surface area contributed by atoms with Gasteiger partial charge in [-0.05, 0) is 45.7 Å². The Hall–Kier alpha value is -1.09. The van der Waals surface area contributed by atoms with E-state index in [1.165, 1.54) is 0 Å². The highest BCUT2D eigenvalue weighted by Crippen LogP contribution is 2.36. The summed E-state index contributed by atoms with van der Waals surface area (Å²) in [5, 5.41) is 9.36. The van der Waals surface area contributed by atoms with Gasteiger partial charge in [0.1, 0.15) is 0 Å². The number of nitriles is 1. The van der Waals surface area contributed by atoms with Gasteiger partial charge in [-0.15, -0.1) is 0 Å². The summed E-state index contributed by atoms with van der Waals surface area (Å²) in [5.74, 6) is 0. The van der Waals surface area contributed by atoms with Crippen molar-refractivity contribution in [3.8, 4) is 6.07 Å². The normalized spacial score (nSPS) is 19.9. The number of pyridine rings is 1. The van der Waals surface area contributed by atoms with Gasteiger partial charge in [0.15, 0.2) is 0 Å². The number of halogens is 1. The molecule has 0 saturated carbocycles. The predicted octanol–water partition coefficient (Wildman–Crippen LogP) is 2.49. The Morgan fingerprint density at radius 2 is 1.90 bits per heavy atom. The van der Waals surface area contributed by atoms with Gasteiger partial charge in [0.2, 0.25) is 0 Å². The number of nitrogens with zero attached hydrogens (tertiary/aromatic N) is 2. The summed E-state index contributed by atoms with van der Waals surface area (Å²) in [4.78, 5) is 4.36. The van der Waals surface area contributed by atoms with Gasteiger partial charge >= 0.3 is 7.12 Å². The van der Waals surface area contributed by atoms with Crippen LogP contribution in [0, 0.1) is 11.3 Å². The van der Waals surface area contributed by atoms with E-state index in [0.717, 1.165) is 5.56 Å². The van der Waals surface area contributed by atoms with E-state index in [1.807, 2.05) is 27.7 Å². The predicted molar refractivity (Wildman–Crippen MR) is 78.9 cm³/mol. The first-order valence-corrected chi connectivity index (χ1v) is 7.02. The summed E-state index contributed by atoms with van der Waals surface area (Å²) in [6, 6.07) is 3.85. The molecule has 0 bridgehead atoms. The van der Waals surface area contributed by atoms with Crippen molar-refractivity contribution in [2.45, 2.75) is 51.7 Å². The van der Waals surface area contributed by atoms with Crippen molar-refractivity contribution in [3.05, 3.63) is 22.8 Å². The topological polar surface area (TPSA) is 55.1 Å². The molecule has 0 aliphatic carbocycles. The van der Waals surface area contributed by atoms with Gasteiger partial charge in [-0.3, -0.25) is 4.98 Å². The molecule has 1 aliphatic rings. The minimum absolute atomic E-state index is 0.387. The SMILES string of the molecule is CC1(C)OB(c2nccc(Cl)c2CCC#N)OC1(C)C. The summed E-state index contributed by atoms with van der Waals surface area (Å²) in [7, 11) is -0.549. The van der Waals surface area contributed by atoms with Crippen LogP contribution in [0.2, 0.25) is 5.02 Å². The van der Waals surface area contributed by atoms with Crippen molar-refractivity contribution >= 4 is 24.3 Å². The first-order chi connectivity index (χ1) is 9.28. The van der Waals surface area contributed by atoms with Crippen LogP contribution in [0.4, 0.5) is 0 Å². The summed E-state index contributed by atoms with van der Waals surface area (Å²) in [6.45, 7) is 7.97. The lowest BCUT2D eigenvalue weighted by atomic mass is 9.80. The fourth-order valence-corrected chi connectivity index (χ4v) is 2.32. The van der Waals surface area contributed by atoms with Gasteiger partial charge in [-0.25, -0.2) is 0 Å². The average Bonchev–Trinajstić information content (AvgIpc) is 2.56. The molecule has 0 N–H and O–H groups in total. The van der Waals surface area contributed by atoms with Crippen LogP contribution in [0.1, 0.15) is 39.7 Å². The lowest BCUT2D eigenvalue weighted by molar-refractivity contribution is 0.00578. The quantitative estimate of drug-likeness (QED) is 0.803. The van der Waals surface area contributed by atoms with Crippen LogP contribution in [0.15, 0.2) is 12.3 Å². The largest absolute Gasteiger partial charge is 0.514 e. The fourth-order valence-electron chi connectivity index (χ4n) is 2.07. The first-order valence-electron chi connectivity index (χ1n) is 6.64. The van der Waals surface area contributed by atoms with Crippen molar-refractivity contribution in [1.29, 1.82) is 5.26 Å². The highest BCUT2D eigenvalue weighted by Gasteiger charge is 2.52. The molecule has 0 spiro atoms. The monoisotopic (exact) mass is 292 g/mol. The molecule has 2 rings (SSSR count). The van der Waals surface area contributed by atoms with Crippen LogP contribution in [-0.4, -0.2) is 23.3 Å². The van der Waals surface area contributed by atoms with Crippen molar-refractivity contribution in [3.63, 3.8) is 0 Å². The Kier molecular flexibility index (Phi) is 4.10. The van der Waals surface area contributed by atoms with Crippen molar-refractivity contribution in [2.24, 2.45) is 0 Å². The maximum atomic E-state index is 8.76. The Labute approximate surface area is 125 Å². The summed E-state index contributed by atoms with van der Waals surface area (Å²) < 4.78 is 12.0. The van der Waals surface area contributed by atoms with E-state index in [4.69, 9.17) is 26.2 Å². The Morgan fingerprint density at radius 3 is 2.45 bits per heavy atom. The third kappa shape index (κ3) is 2.69. The molecule has 0 amide bonds. The molecule has 0 radical (unpaired) electrons. The van der Waals surface area contributed by atoms with E-state index in [-0.39, 0.29) is 0 Å². The zero-order valence-corrected chi connectivity index (χ0v) is 13.0. The van der Waals surface area contributed by atoms with Crippen LogP contribution in [0.3, 0.4) is 0 Å². The molecule has 0 unspecified atom stereocenters. The van der Waals surface area contributed by atoms with Crippen molar-refractivity contribution in [1.82, 2.24) is 4.98 Å². The van der Waals surface area contributed by atoms with Crippen LogP contribution in [0.25, 0.3) is 0 Å². The number of hydrogen-bond donors (Lipinski definition) is 0. The molecular weight excluding hydrogens is 274 g/mol. The summed E-state index contributed by atoms with van der Waals surface area (Å²) in [5.41, 5.74) is 0.656. The summed E-state index contributed by atoms with van der Waals surface area (Å²) >= 11 is 6.23. The smallest absolute Gasteiger partial charge is 0.398 e. The molecule has 106 valence electrons. The highest BCUT2D eigenvalue weighted by atomic mass is 35.5. The molecule has 1 aliphatic heterocycles. The summed E-state index contributed by atoms with van der Waals surface area (Å²) in [6.07, 6.45) is 2.57. The van der Waals surface area contributed by atoms with E-state index >= 15 is 0 Å². The molecule has 1 aromatic rings. The van der Waals surface area contributed by atoms with Crippen molar-refractivity contribution < 1.29 is 9.31 Å². The van der Waals surface area contributed by atoms with Crippen LogP contribution in [0.5, 0.6) is 0 Å².